The van der Waals surface area contributed by atoms with Gasteiger partial charge in [0, 0.05) is 12.5 Å². The quantitative estimate of drug-likeness (QED) is 0.522. The summed E-state index contributed by atoms with van der Waals surface area (Å²) in [6.07, 6.45) is -0.222. The smallest absolute Gasteiger partial charge is 0.243 e. The first kappa shape index (κ1) is 17.2. The summed E-state index contributed by atoms with van der Waals surface area (Å²) < 4.78 is 40.2. The molecule has 5 N–H and O–H groups in total. The van der Waals surface area contributed by atoms with Crippen LogP contribution in [0.1, 0.15) is 13.3 Å². The van der Waals surface area contributed by atoms with E-state index in [1.807, 2.05) is 0 Å². The normalized spacial score (nSPS) is 13.2. The van der Waals surface area contributed by atoms with Crippen molar-refractivity contribution in [3.05, 3.63) is 21.4 Å². The first-order valence-electron chi connectivity index (χ1n) is 5.30. The maximum Gasteiger partial charge on any atom is 0.243 e. The van der Waals surface area contributed by atoms with Gasteiger partial charge in [0.05, 0.1) is 15.2 Å². The number of anilines is 1. The molecule has 0 heterocycles. The number of hydrogen-bond acceptors (Lipinski definition) is 4. The van der Waals surface area contributed by atoms with E-state index >= 15 is 0 Å². The van der Waals surface area contributed by atoms with Gasteiger partial charge in [-0.15, -0.1) is 0 Å². The lowest BCUT2D eigenvalue weighted by atomic mass is 10.2. The van der Waals surface area contributed by atoms with E-state index in [0.717, 1.165) is 6.07 Å². The maximum absolute atomic E-state index is 13.9. The highest BCUT2D eigenvalue weighted by atomic mass is 79.9. The number of carbonyl (C=O) groups is 1. The standard InChI is InChI=1S/C10H12BrClFN3O3S/c1-4(2-7(14)17)16-20(18,19)6-3-5(12)8(11)10(15)9(6)13/h3-4,16H,2,15H2,1H3,(H2,14,17). The second-order valence-corrected chi connectivity index (χ2v) is 6.97. The number of hydrogen-bond donors (Lipinski definition) is 3. The molecule has 1 amide bonds. The molecule has 0 saturated carbocycles. The molecule has 0 fully saturated rings. The average Bonchev–Trinajstić information content (AvgIpc) is 2.29. The Kier molecular flexibility index (Phi) is 5.36. The third-order valence-corrected chi connectivity index (χ3v) is 5.28. The predicted octanol–water partition coefficient (Wildman–Crippen LogP) is 1.37. The zero-order valence-corrected chi connectivity index (χ0v) is 13.4. The minimum atomic E-state index is -4.22. The minimum absolute atomic E-state index is 0.0492. The number of rotatable bonds is 5. The fourth-order valence-corrected chi connectivity index (χ4v) is 3.39. The van der Waals surface area contributed by atoms with Gasteiger partial charge < -0.3 is 11.5 Å². The van der Waals surface area contributed by atoms with E-state index in [1.54, 1.807) is 0 Å². The molecule has 0 saturated heterocycles. The van der Waals surface area contributed by atoms with Crippen LogP contribution < -0.4 is 16.2 Å². The maximum atomic E-state index is 13.9. The molecule has 1 atom stereocenters. The molecule has 20 heavy (non-hydrogen) atoms. The summed E-state index contributed by atoms with van der Waals surface area (Å²) in [5, 5.41) is -0.0492. The Morgan fingerprint density at radius 3 is 2.65 bits per heavy atom. The Morgan fingerprint density at radius 1 is 1.60 bits per heavy atom. The van der Waals surface area contributed by atoms with Crippen molar-refractivity contribution in [2.45, 2.75) is 24.3 Å². The molecule has 0 aromatic heterocycles. The first-order chi connectivity index (χ1) is 9.06. The van der Waals surface area contributed by atoms with Crippen molar-refractivity contribution in [3.8, 4) is 0 Å². The summed E-state index contributed by atoms with van der Waals surface area (Å²) in [6.45, 7) is 1.42. The molecule has 10 heteroatoms. The van der Waals surface area contributed by atoms with E-state index in [0.29, 0.717) is 0 Å². The van der Waals surface area contributed by atoms with Gasteiger partial charge in [0.1, 0.15) is 4.90 Å². The van der Waals surface area contributed by atoms with Crippen molar-refractivity contribution >= 4 is 49.1 Å². The van der Waals surface area contributed by atoms with Gasteiger partial charge in [0.15, 0.2) is 5.82 Å². The largest absolute Gasteiger partial charge is 0.395 e. The van der Waals surface area contributed by atoms with Crippen LogP contribution in [0.25, 0.3) is 0 Å². The summed E-state index contributed by atoms with van der Waals surface area (Å²) in [6, 6.07) is 0.136. The van der Waals surface area contributed by atoms with Crippen LogP contribution in [0.15, 0.2) is 15.4 Å². The highest BCUT2D eigenvalue weighted by Crippen LogP contribution is 2.34. The minimum Gasteiger partial charge on any atom is -0.395 e. The second kappa shape index (κ2) is 6.25. The molecule has 0 aliphatic heterocycles. The van der Waals surface area contributed by atoms with Gasteiger partial charge in [-0.25, -0.2) is 17.5 Å². The van der Waals surface area contributed by atoms with Crippen molar-refractivity contribution < 1.29 is 17.6 Å². The van der Waals surface area contributed by atoms with E-state index in [2.05, 4.69) is 20.7 Å². The Labute approximate surface area is 128 Å². The predicted molar refractivity (Wildman–Crippen MR) is 77.1 cm³/mol. The fraction of sp³-hybridized carbons (Fsp3) is 0.300. The SMILES string of the molecule is CC(CC(N)=O)NS(=O)(=O)c1cc(Cl)c(Br)c(N)c1F. The summed E-state index contributed by atoms with van der Waals surface area (Å²) >= 11 is 8.70. The zero-order valence-electron chi connectivity index (χ0n) is 10.3. The van der Waals surface area contributed by atoms with E-state index < -0.39 is 38.4 Å². The molecule has 0 aliphatic carbocycles. The van der Waals surface area contributed by atoms with Gasteiger partial charge in [-0.1, -0.05) is 11.6 Å². The van der Waals surface area contributed by atoms with Crippen LogP contribution in [0.2, 0.25) is 5.02 Å². The number of nitrogens with one attached hydrogen (secondary N) is 1. The number of amides is 1. The van der Waals surface area contributed by atoms with E-state index in [9.17, 15) is 17.6 Å². The first-order valence-corrected chi connectivity index (χ1v) is 7.95. The molecule has 1 aromatic rings. The number of carbonyl (C=O) groups excluding carboxylic acids is 1. The number of sulfonamides is 1. The van der Waals surface area contributed by atoms with Crippen LogP contribution >= 0.6 is 27.5 Å². The lowest BCUT2D eigenvalue weighted by Gasteiger charge is -2.14. The number of nitrogens with two attached hydrogens (primary N) is 2. The summed E-state index contributed by atoms with van der Waals surface area (Å²) in [7, 11) is -4.22. The van der Waals surface area contributed by atoms with E-state index in [-0.39, 0.29) is 15.9 Å². The Balaban J connectivity index is 3.20. The number of benzene rings is 1. The van der Waals surface area contributed by atoms with Crippen LogP contribution in [0.5, 0.6) is 0 Å². The van der Waals surface area contributed by atoms with Crippen molar-refractivity contribution in [1.29, 1.82) is 0 Å². The third kappa shape index (κ3) is 3.81. The van der Waals surface area contributed by atoms with Crippen LogP contribution in [-0.2, 0) is 14.8 Å². The fourth-order valence-electron chi connectivity index (χ4n) is 1.47. The number of primary amides is 1. The Hall–Kier alpha value is -0.900. The summed E-state index contributed by atoms with van der Waals surface area (Å²) in [4.78, 5) is 10.0. The van der Waals surface area contributed by atoms with Crippen LogP contribution in [0.3, 0.4) is 0 Å². The highest BCUT2D eigenvalue weighted by Gasteiger charge is 2.26. The molecule has 1 aromatic carbocycles. The molecule has 0 radical (unpaired) electrons. The van der Waals surface area contributed by atoms with Crippen molar-refractivity contribution in [2.75, 3.05) is 5.73 Å². The van der Waals surface area contributed by atoms with Gasteiger partial charge in [0.25, 0.3) is 0 Å². The van der Waals surface area contributed by atoms with Crippen LogP contribution in [-0.4, -0.2) is 20.4 Å². The molecule has 1 unspecified atom stereocenters. The van der Waals surface area contributed by atoms with Gasteiger partial charge in [0.2, 0.25) is 15.9 Å². The number of halogens is 3. The van der Waals surface area contributed by atoms with Gasteiger partial charge in [-0.3, -0.25) is 4.79 Å². The van der Waals surface area contributed by atoms with Crippen molar-refractivity contribution in [3.63, 3.8) is 0 Å². The second-order valence-electron chi connectivity index (χ2n) is 4.09. The molecular weight excluding hydrogens is 377 g/mol. The van der Waals surface area contributed by atoms with Gasteiger partial charge in [-0.2, -0.15) is 0 Å². The highest BCUT2D eigenvalue weighted by molar-refractivity contribution is 9.10. The van der Waals surface area contributed by atoms with Crippen molar-refractivity contribution in [2.24, 2.45) is 5.73 Å². The lowest BCUT2D eigenvalue weighted by Crippen LogP contribution is -2.36. The topological polar surface area (TPSA) is 115 Å². The summed E-state index contributed by atoms with van der Waals surface area (Å²) in [5.74, 6) is -1.81. The van der Waals surface area contributed by atoms with Gasteiger partial charge in [-0.05, 0) is 28.9 Å². The number of nitrogen functional groups attached to an aromatic ring is 1. The van der Waals surface area contributed by atoms with Crippen molar-refractivity contribution in [1.82, 2.24) is 4.72 Å². The third-order valence-electron chi connectivity index (χ3n) is 2.31. The molecule has 0 spiro atoms. The monoisotopic (exact) mass is 387 g/mol. The zero-order chi connectivity index (χ0) is 15.7. The molecular formula is C10H12BrClFN3O3S. The van der Waals surface area contributed by atoms with Crippen LogP contribution in [0.4, 0.5) is 10.1 Å². The molecule has 6 nitrogen and oxygen atoms in total. The average molecular weight is 389 g/mol. The Morgan fingerprint density at radius 2 is 2.15 bits per heavy atom. The van der Waals surface area contributed by atoms with E-state index in [4.69, 9.17) is 23.1 Å². The molecule has 0 aliphatic rings. The van der Waals surface area contributed by atoms with Crippen LogP contribution in [0, 0.1) is 5.82 Å². The molecule has 1 rings (SSSR count). The van der Waals surface area contributed by atoms with Gasteiger partial charge >= 0.3 is 0 Å². The lowest BCUT2D eigenvalue weighted by molar-refractivity contribution is -0.118. The Bertz CT molecular complexity index is 654. The molecule has 0 bridgehead atoms. The summed E-state index contributed by atoms with van der Waals surface area (Å²) in [5.41, 5.74) is 9.96. The molecule has 112 valence electrons. The van der Waals surface area contributed by atoms with E-state index in [1.165, 1.54) is 6.92 Å².